The van der Waals surface area contributed by atoms with Gasteiger partial charge in [-0.25, -0.2) is 4.98 Å². The number of H-pyrrole nitrogens is 1. The van der Waals surface area contributed by atoms with Crippen molar-refractivity contribution in [3.05, 3.63) is 30.4 Å². The van der Waals surface area contributed by atoms with Gasteiger partial charge in [0.1, 0.15) is 18.0 Å². The minimum absolute atomic E-state index is 0.155. The average Bonchev–Trinajstić information content (AvgIpc) is 2.84. The van der Waals surface area contributed by atoms with Crippen molar-refractivity contribution in [3.63, 3.8) is 0 Å². The van der Waals surface area contributed by atoms with Gasteiger partial charge >= 0.3 is 0 Å². The van der Waals surface area contributed by atoms with E-state index in [1.54, 1.807) is 12.5 Å². The molecular formula is C9H14N6. The van der Waals surface area contributed by atoms with Gasteiger partial charge in [0, 0.05) is 19.4 Å². The second-order valence-electron chi connectivity index (χ2n) is 3.44. The topological polar surface area (TPSA) is 71.4 Å². The number of hydrogen-bond donors (Lipinski definition) is 2. The molecule has 0 bridgehead atoms. The van der Waals surface area contributed by atoms with E-state index in [4.69, 9.17) is 0 Å². The summed E-state index contributed by atoms with van der Waals surface area (Å²) in [4.78, 5) is 7.17. The molecule has 0 amide bonds. The lowest BCUT2D eigenvalue weighted by Crippen LogP contribution is -2.21. The van der Waals surface area contributed by atoms with E-state index in [0.717, 1.165) is 11.6 Å². The molecule has 0 fully saturated rings. The predicted molar refractivity (Wildman–Crippen MR) is 54.8 cm³/mol. The molecule has 1 atom stereocenters. The highest BCUT2D eigenvalue weighted by atomic mass is 15.3. The van der Waals surface area contributed by atoms with Crippen molar-refractivity contribution in [2.45, 2.75) is 19.5 Å². The summed E-state index contributed by atoms with van der Waals surface area (Å²) in [6.07, 6.45) is 5.24. The molecule has 0 aromatic carbocycles. The molecule has 0 aliphatic carbocycles. The Labute approximate surface area is 87.8 Å². The maximum atomic E-state index is 4.13. The quantitative estimate of drug-likeness (QED) is 0.759. The fourth-order valence-electron chi connectivity index (χ4n) is 1.42. The molecule has 0 radical (unpaired) electrons. The number of aryl methyl sites for hydroxylation is 1. The van der Waals surface area contributed by atoms with Crippen LogP contribution >= 0.6 is 0 Å². The molecule has 0 spiro atoms. The SMILES string of the molecule is CC(NCc1ncc[nH]1)c1nncn1C. The number of imidazole rings is 1. The fourth-order valence-corrected chi connectivity index (χ4v) is 1.42. The van der Waals surface area contributed by atoms with Crippen molar-refractivity contribution >= 4 is 0 Å². The van der Waals surface area contributed by atoms with Crippen molar-refractivity contribution in [2.75, 3.05) is 0 Å². The highest BCUT2D eigenvalue weighted by Crippen LogP contribution is 2.07. The number of aromatic nitrogens is 5. The van der Waals surface area contributed by atoms with Gasteiger partial charge in [-0.15, -0.1) is 10.2 Å². The van der Waals surface area contributed by atoms with Crippen molar-refractivity contribution in [3.8, 4) is 0 Å². The summed E-state index contributed by atoms with van der Waals surface area (Å²) in [5.74, 6) is 1.84. The normalized spacial score (nSPS) is 12.9. The average molecular weight is 206 g/mol. The molecule has 80 valence electrons. The molecule has 15 heavy (non-hydrogen) atoms. The molecule has 2 aromatic rings. The number of nitrogens with one attached hydrogen (secondary N) is 2. The van der Waals surface area contributed by atoms with Gasteiger partial charge in [0.25, 0.3) is 0 Å². The minimum atomic E-state index is 0.155. The lowest BCUT2D eigenvalue weighted by atomic mass is 10.3. The van der Waals surface area contributed by atoms with Crippen molar-refractivity contribution < 1.29 is 0 Å². The van der Waals surface area contributed by atoms with Crippen molar-refractivity contribution in [2.24, 2.45) is 7.05 Å². The first-order chi connectivity index (χ1) is 7.27. The second-order valence-corrected chi connectivity index (χ2v) is 3.44. The van der Waals surface area contributed by atoms with Crippen LogP contribution in [0.3, 0.4) is 0 Å². The zero-order valence-electron chi connectivity index (χ0n) is 8.81. The molecule has 2 N–H and O–H groups in total. The van der Waals surface area contributed by atoms with Gasteiger partial charge in [0.05, 0.1) is 12.6 Å². The van der Waals surface area contributed by atoms with Gasteiger partial charge in [-0.05, 0) is 6.92 Å². The van der Waals surface area contributed by atoms with Crippen LogP contribution in [0, 0.1) is 0 Å². The Hall–Kier alpha value is -1.69. The Bertz CT molecular complexity index is 404. The van der Waals surface area contributed by atoms with Crippen LogP contribution in [0.1, 0.15) is 24.6 Å². The van der Waals surface area contributed by atoms with E-state index in [1.807, 2.05) is 24.7 Å². The van der Waals surface area contributed by atoms with Gasteiger partial charge in [0.15, 0.2) is 0 Å². The van der Waals surface area contributed by atoms with Crippen LogP contribution in [0.15, 0.2) is 18.7 Å². The van der Waals surface area contributed by atoms with Gasteiger partial charge in [-0.1, -0.05) is 0 Å². The van der Waals surface area contributed by atoms with Crippen LogP contribution in [-0.2, 0) is 13.6 Å². The third-order valence-corrected chi connectivity index (χ3v) is 2.26. The maximum absolute atomic E-state index is 4.13. The van der Waals surface area contributed by atoms with E-state index in [-0.39, 0.29) is 6.04 Å². The van der Waals surface area contributed by atoms with Crippen LogP contribution < -0.4 is 5.32 Å². The third kappa shape index (κ3) is 2.21. The monoisotopic (exact) mass is 206 g/mol. The standard InChI is InChI=1S/C9H14N6/c1-7(9-14-13-6-15(9)2)12-5-8-10-3-4-11-8/h3-4,6-7,12H,5H2,1-2H3,(H,10,11). The summed E-state index contributed by atoms with van der Waals surface area (Å²) < 4.78 is 1.90. The smallest absolute Gasteiger partial charge is 0.149 e. The van der Waals surface area contributed by atoms with Gasteiger partial charge < -0.3 is 14.9 Å². The molecule has 6 nitrogen and oxygen atoms in total. The van der Waals surface area contributed by atoms with Crippen LogP contribution in [0.5, 0.6) is 0 Å². The van der Waals surface area contributed by atoms with Crippen LogP contribution in [0.25, 0.3) is 0 Å². The predicted octanol–water partition coefficient (Wildman–Crippen LogP) is 0.389. The summed E-state index contributed by atoms with van der Waals surface area (Å²) >= 11 is 0. The summed E-state index contributed by atoms with van der Waals surface area (Å²) in [5, 5.41) is 11.2. The fraction of sp³-hybridized carbons (Fsp3) is 0.444. The first-order valence-corrected chi connectivity index (χ1v) is 4.83. The summed E-state index contributed by atoms with van der Waals surface area (Å²) in [6, 6.07) is 0.155. The number of rotatable bonds is 4. The zero-order valence-corrected chi connectivity index (χ0v) is 8.81. The lowest BCUT2D eigenvalue weighted by molar-refractivity contribution is 0.519. The van der Waals surface area contributed by atoms with E-state index in [9.17, 15) is 0 Å². The molecule has 2 heterocycles. The first kappa shape index (κ1) is 9.85. The first-order valence-electron chi connectivity index (χ1n) is 4.83. The van der Waals surface area contributed by atoms with E-state index in [0.29, 0.717) is 6.54 Å². The largest absolute Gasteiger partial charge is 0.348 e. The maximum Gasteiger partial charge on any atom is 0.149 e. The Morgan fingerprint density at radius 3 is 3.07 bits per heavy atom. The zero-order chi connectivity index (χ0) is 10.7. The summed E-state index contributed by atoms with van der Waals surface area (Å²) in [6.45, 7) is 2.74. The molecule has 0 saturated carbocycles. The van der Waals surface area contributed by atoms with E-state index >= 15 is 0 Å². The molecule has 6 heteroatoms. The minimum Gasteiger partial charge on any atom is -0.348 e. The van der Waals surface area contributed by atoms with Crippen molar-refractivity contribution in [1.82, 2.24) is 30.0 Å². The molecule has 0 aliphatic rings. The Kier molecular flexibility index (Phi) is 2.77. The Morgan fingerprint density at radius 1 is 1.60 bits per heavy atom. The number of hydrogen-bond acceptors (Lipinski definition) is 4. The lowest BCUT2D eigenvalue weighted by Gasteiger charge is -2.11. The number of nitrogens with zero attached hydrogens (tertiary/aromatic N) is 4. The summed E-state index contributed by atoms with van der Waals surface area (Å²) in [5.41, 5.74) is 0. The molecular weight excluding hydrogens is 192 g/mol. The number of aromatic amines is 1. The van der Waals surface area contributed by atoms with Crippen molar-refractivity contribution in [1.29, 1.82) is 0 Å². The van der Waals surface area contributed by atoms with E-state index in [1.165, 1.54) is 0 Å². The molecule has 0 saturated heterocycles. The van der Waals surface area contributed by atoms with Crippen LogP contribution in [0.2, 0.25) is 0 Å². The molecule has 2 rings (SSSR count). The molecule has 2 aromatic heterocycles. The Balaban J connectivity index is 1.93. The highest BCUT2D eigenvalue weighted by molar-refractivity contribution is 4.94. The van der Waals surface area contributed by atoms with Gasteiger partial charge in [-0.2, -0.15) is 0 Å². The Morgan fingerprint density at radius 2 is 2.47 bits per heavy atom. The van der Waals surface area contributed by atoms with Gasteiger partial charge in [-0.3, -0.25) is 0 Å². The third-order valence-electron chi connectivity index (χ3n) is 2.26. The highest BCUT2D eigenvalue weighted by Gasteiger charge is 2.10. The van der Waals surface area contributed by atoms with Gasteiger partial charge in [0.2, 0.25) is 0 Å². The second kappa shape index (κ2) is 4.22. The molecule has 1 unspecified atom stereocenters. The van der Waals surface area contributed by atoms with Crippen LogP contribution in [-0.4, -0.2) is 24.7 Å². The van der Waals surface area contributed by atoms with Crippen LogP contribution in [0.4, 0.5) is 0 Å². The summed E-state index contributed by atoms with van der Waals surface area (Å²) in [7, 11) is 1.93. The van der Waals surface area contributed by atoms with E-state index in [2.05, 4.69) is 25.5 Å². The van der Waals surface area contributed by atoms with E-state index < -0.39 is 0 Å². The molecule has 0 aliphatic heterocycles.